The predicted octanol–water partition coefficient (Wildman–Crippen LogP) is 2.15. The van der Waals surface area contributed by atoms with E-state index in [2.05, 4.69) is 10.3 Å². The minimum absolute atomic E-state index is 0.107. The normalized spacial score (nSPS) is 12.9. The van der Waals surface area contributed by atoms with E-state index in [-0.39, 0.29) is 13.0 Å². The molecule has 0 aliphatic rings. The van der Waals surface area contributed by atoms with Gasteiger partial charge in [-0.2, -0.15) is 0 Å². The lowest BCUT2D eigenvalue weighted by Crippen LogP contribution is -2.49. The summed E-state index contributed by atoms with van der Waals surface area (Å²) in [5.74, 6) is -2.93. The standard InChI is InChI=1S/C20H24N2O5S/c1-20(2,19(25)22-13-17-10-6-7-11-21-17)28(26,27)14-16(12-18(23)24)15-8-4-3-5-9-15/h3-11,16H,12-14H2,1-2H3,(H,22,25)(H,23,24). The highest BCUT2D eigenvalue weighted by molar-refractivity contribution is 7.93. The number of hydrogen-bond acceptors (Lipinski definition) is 5. The first kappa shape index (κ1) is 21.6. The van der Waals surface area contributed by atoms with Crippen LogP contribution in [0, 0.1) is 0 Å². The van der Waals surface area contributed by atoms with E-state index in [0.717, 1.165) is 0 Å². The van der Waals surface area contributed by atoms with Gasteiger partial charge < -0.3 is 10.4 Å². The van der Waals surface area contributed by atoms with Gasteiger partial charge in [0, 0.05) is 12.1 Å². The number of carboxylic acids is 1. The average molecular weight is 404 g/mol. The van der Waals surface area contributed by atoms with Crippen LogP contribution in [0.1, 0.15) is 37.4 Å². The Kier molecular flexibility index (Phi) is 6.90. The number of aliphatic carboxylic acids is 1. The van der Waals surface area contributed by atoms with Gasteiger partial charge in [0.15, 0.2) is 9.84 Å². The minimum atomic E-state index is -3.95. The van der Waals surface area contributed by atoms with Gasteiger partial charge in [0.25, 0.3) is 0 Å². The summed E-state index contributed by atoms with van der Waals surface area (Å²) < 4.78 is 24.3. The minimum Gasteiger partial charge on any atom is -0.481 e. The molecule has 1 aromatic carbocycles. The maximum atomic E-state index is 13.0. The summed E-state index contributed by atoms with van der Waals surface area (Å²) in [6.45, 7) is 2.77. The maximum absolute atomic E-state index is 13.0. The van der Waals surface area contributed by atoms with Crippen molar-refractivity contribution < 1.29 is 23.1 Å². The summed E-state index contributed by atoms with van der Waals surface area (Å²) in [6, 6.07) is 13.8. The van der Waals surface area contributed by atoms with Gasteiger partial charge >= 0.3 is 5.97 Å². The molecule has 1 unspecified atom stereocenters. The van der Waals surface area contributed by atoms with Crippen molar-refractivity contribution in [3.8, 4) is 0 Å². The fraction of sp³-hybridized carbons (Fsp3) is 0.350. The number of nitrogens with zero attached hydrogens (tertiary/aromatic N) is 1. The van der Waals surface area contributed by atoms with Crippen LogP contribution in [0.3, 0.4) is 0 Å². The summed E-state index contributed by atoms with van der Waals surface area (Å²) in [4.78, 5) is 27.9. The first-order valence-electron chi connectivity index (χ1n) is 8.80. The van der Waals surface area contributed by atoms with Crippen molar-refractivity contribution in [3.05, 3.63) is 66.0 Å². The maximum Gasteiger partial charge on any atom is 0.303 e. The molecule has 0 bridgehead atoms. The van der Waals surface area contributed by atoms with Crippen molar-refractivity contribution in [1.82, 2.24) is 10.3 Å². The fourth-order valence-electron chi connectivity index (χ4n) is 2.71. The molecule has 0 radical (unpaired) electrons. The molecule has 28 heavy (non-hydrogen) atoms. The number of nitrogens with one attached hydrogen (secondary N) is 1. The molecule has 0 aliphatic carbocycles. The number of carboxylic acid groups (broad SMARTS) is 1. The molecule has 0 saturated carbocycles. The van der Waals surface area contributed by atoms with Crippen LogP contribution in [0.4, 0.5) is 0 Å². The van der Waals surface area contributed by atoms with Gasteiger partial charge in [-0.15, -0.1) is 0 Å². The van der Waals surface area contributed by atoms with E-state index in [4.69, 9.17) is 0 Å². The van der Waals surface area contributed by atoms with E-state index < -0.39 is 38.1 Å². The van der Waals surface area contributed by atoms with Crippen molar-refractivity contribution in [1.29, 1.82) is 0 Å². The van der Waals surface area contributed by atoms with Crippen molar-refractivity contribution >= 4 is 21.7 Å². The molecule has 1 atom stereocenters. The predicted molar refractivity (Wildman–Crippen MR) is 105 cm³/mol. The summed E-state index contributed by atoms with van der Waals surface area (Å²) in [7, 11) is -3.95. The van der Waals surface area contributed by atoms with Gasteiger partial charge in [-0.05, 0) is 31.5 Å². The Morgan fingerprint density at radius 2 is 1.75 bits per heavy atom. The SMILES string of the molecule is CC(C)(C(=O)NCc1ccccn1)S(=O)(=O)CC(CC(=O)O)c1ccccc1. The van der Waals surface area contributed by atoms with Crippen molar-refractivity contribution in [2.24, 2.45) is 0 Å². The highest BCUT2D eigenvalue weighted by atomic mass is 32.2. The molecule has 2 rings (SSSR count). The summed E-state index contributed by atoms with van der Waals surface area (Å²) in [6.07, 6.45) is 1.24. The molecule has 1 amide bonds. The third kappa shape index (κ3) is 5.39. The van der Waals surface area contributed by atoms with Crippen molar-refractivity contribution in [2.75, 3.05) is 5.75 Å². The second-order valence-corrected chi connectivity index (χ2v) is 9.58. The molecular weight excluding hydrogens is 380 g/mol. The van der Waals surface area contributed by atoms with Crippen LogP contribution in [0.2, 0.25) is 0 Å². The van der Waals surface area contributed by atoms with E-state index in [1.807, 2.05) is 0 Å². The zero-order chi connectivity index (χ0) is 20.8. The molecule has 2 N–H and O–H groups in total. The number of amides is 1. The van der Waals surface area contributed by atoms with Crippen LogP contribution in [0.5, 0.6) is 0 Å². The van der Waals surface area contributed by atoms with E-state index in [1.165, 1.54) is 13.8 Å². The van der Waals surface area contributed by atoms with Gasteiger partial charge in [0.1, 0.15) is 4.75 Å². The van der Waals surface area contributed by atoms with Crippen LogP contribution in [0.25, 0.3) is 0 Å². The van der Waals surface area contributed by atoms with Crippen LogP contribution in [0.15, 0.2) is 54.7 Å². The van der Waals surface area contributed by atoms with Crippen LogP contribution in [-0.2, 0) is 26.0 Å². The Morgan fingerprint density at radius 1 is 1.11 bits per heavy atom. The van der Waals surface area contributed by atoms with Crippen molar-refractivity contribution in [2.45, 2.75) is 37.5 Å². The van der Waals surface area contributed by atoms with Crippen LogP contribution in [-0.4, -0.2) is 40.9 Å². The zero-order valence-electron chi connectivity index (χ0n) is 15.8. The molecule has 1 heterocycles. The lowest BCUT2D eigenvalue weighted by Gasteiger charge is -2.26. The van der Waals surface area contributed by atoms with Gasteiger partial charge in [-0.25, -0.2) is 8.42 Å². The van der Waals surface area contributed by atoms with Gasteiger partial charge in [0.2, 0.25) is 5.91 Å². The molecular formula is C20H24N2O5S. The number of sulfone groups is 1. The number of carbonyl (C=O) groups is 2. The topological polar surface area (TPSA) is 113 Å². The Hall–Kier alpha value is -2.74. The third-order valence-electron chi connectivity index (χ3n) is 4.59. The first-order chi connectivity index (χ1) is 13.1. The monoisotopic (exact) mass is 404 g/mol. The molecule has 0 spiro atoms. The summed E-state index contributed by atoms with van der Waals surface area (Å²) in [5.41, 5.74) is 1.22. The summed E-state index contributed by atoms with van der Waals surface area (Å²) in [5, 5.41) is 11.8. The Bertz CT molecular complexity index is 912. The molecule has 0 saturated heterocycles. The van der Waals surface area contributed by atoms with E-state index in [0.29, 0.717) is 11.3 Å². The quantitative estimate of drug-likeness (QED) is 0.662. The molecule has 8 heteroatoms. The first-order valence-corrected chi connectivity index (χ1v) is 10.5. The van der Waals surface area contributed by atoms with E-state index in [9.17, 15) is 23.1 Å². The molecule has 2 aromatic rings. The largest absolute Gasteiger partial charge is 0.481 e. The fourth-order valence-corrected chi connectivity index (χ4v) is 4.32. The second-order valence-electron chi connectivity index (χ2n) is 7.00. The number of aromatic nitrogens is 1. The van der Waals surface area contributed by atoms with Gasteiger partial charge in [0.05, 0.1) is 24.4 Å². The van der Waals surface area contributed by atoms with E-state index >= 15 is 0 Å². The second kappa shape index (κ2) is 8.97. The summed E-state index contributed by atoms with van der Waals surface area (Å²) >= 11 is 0. The average Bonchev–Trinajstić information content (AvgIpc) is 2.66. The van der Waals surface area contributed by atoms with Crippen LogP contribution < -0.4 is 5.32 Å². The number of rotatable bonds is 9. The molecule has 150 valence electrons. The Balaban J connectivity index is 2.16. The number of pyridine rings is 1. The Morgan fingerprint density at radius 3 is 2.32 bits per heavy atom. The van der Waals surface area contributed by atoms with Crippen LogP contribution >= 0.6 is 0 Å². The smallest absolute Gasteiger partial charge is 0.303 e. The lowest BCUT2D eigenvalue weighted by molar-refractivity contribution is -0.137. The highest BCUT2D eigenvalue weighted by Gasteiger charge is 2.43. The number of carbonyl (C=O) groups excluding carboxylic acids is 1. The van der Waals surface area contributed by atoms with Gasteiger partial charge in [-0.3, -0.25) is 14.6 Å². The third-order valence-corrected chi connectivity index (χ3v) is 7.17. The molecule has 0 fully saturated rings. The molecule has 1 aromatic heterocycles. The number of hydrogen-bond donors (Lipinski definition) is 2. The molecule has 0 aliphatic heterocycles. The van der Waals surface area contributed by atoms with Gasteiger partial charge in [-0.1, -0.05) is 36.4 Å². The lowest BCUT2D eigenvalue weighted by atomic mass is 9.98. The Labute approximate surface area is 164 Å². The van der Waals surface area contributed by atoms with E-state index in [1.54, 1.807) is 54.7 Å². The number of benzene rings is 1. The zero-order valence-corrected chi connectivity index (χ0v) is 16.6. The van der Waals surface area contributed by atoms with Crippen molar-refractivity contribution in [3.63, 3.8) is 0 Å². The highest BCUT2D eigenvalue weighted by Crippen LogP contribution is 2.27. The molecule has 7 nitrogen and oxygen atoms in total.